The van der Waals surface area contributed by atoms with Crippen molar-refractivity contribution in [2.24, 2.45) is 5.92 Å². The Morgan fingerprint density at radius 3 is 2.38 bits per heavy atom. The molecule has 2 bridgehead atoms. The summed E-state index contributed by atoms with van der Waals surface area (Å²) < 4.78 is 4.89. The molecule has 3 aromatic carbocycles. The van der Waals surface area contributed by atoms with Gasteiger partial charge in [-0.15, -0.1) is 0 Å². The number of nitrogens with zero attached hydrogens (tertiary/aromatic N) is 1. The second-order valence-corrected chi connectivity index (χ2v) is 9.85. The Morgan fingerprint density at radius 1 is 0.946 bits per heavy atom. The Bertz CT molecular complexity index is 1390. The van der Waals surface area contributed by atoms with Crippen molar-refractivity contribution in [2.75, 3.05) is 32.1 Å². The predicted molar refractivity (Wildman–Crippen MR) is 144 cm³/mol. The summed E-state index contributed by atoms with van der Waals surface area (Å²) in [5.74, 6) is -0.708. The molecule has 7 nitrogen and oxygen atoms in total. The van der Waals surface area contributed by atoms with Crippen LogP contribution in [0.1, 0.15) is 46.0 Å². The van der Waals surface area contributed by atoms with Crippen molar-refractivity contribution in [3.8, 4) is 0 Å². The number of nitrogens with one attached hydrogen (secondary N) is 2. The van der Waals surface area contributed by atoms with Crippen molar-refractivity contribution in [2.45, 2.75) is 25.8 Å². The molecule has 3 aliphatic rings. The number of allylic oxidation sites excluding steroid dienone is 1. The molecule has 3 saturated heterocycles. The quantitative estimate of drug-likeness (QED) is 0.387. The van der Waals surface area contributed by atoms with Gasteiger partial charge in [0.1, 0.15) is 0 Å². The first-order chi connectivity index (χ1) is 17.9. The number of benzene rings is 3. The maximum absolute atomic E-state index is 13.1. The van der Waals surface area contributed by atoms with Crippen LogP contribution in [0.2, 0.25) is 0 Å². The van der Waals surface area contributed by atoms with Gasteiger partial charge in [-0.1, -0.05) is 36.4 Å². The van der Waals surface area contributed by atoms with Crippen LogP contribution >= 0.6 is 0 Å². The lowest BCUT2D eigenvalue weighted by molar-refractivity contribution is -0.111. The Balaban J connectivity index is 1.35. The summed E-state index contributed by atoms with van der Waals surface area (Å²) in [6, 6.07) is 18.8. The number of carbonyl (C=O) groups excluding carboxylic acids is 3. The fraction of sp³-hybridized carbons (Fsp3) is 0.300. The number of amides is 2. The number of ether oxygens (including phenoxy) is 1. The molecule has 1 unspecified atom stereocenters. The Morgan fingerprint density at radius 2 is 1.68 bits per heavy atom. The van der Waals surface area contributed by atoms with Crippen LogP contribution in [0.4, 0.5) is 5.69 Å². The molecule has 3 fully saturated rings. The van der Waals surface area contributed by atoms with Gasteiger partial charge in [0.15, 0.2) is 0 Å². The van der Waals surface area contributed by atoms with Crippen molar-refractivity contribution >= 4 is 39.8 Å². The molecule has 0 spiro atoms. The van der Waals surface area contributed by atoms with E-state index in [1.165, 1.54) is 19.3 Å². The van der Waals surface area contributed by atoms with Crippen molar-refractivity contribution in [1.82, 2.24) is 10.2 Å². The Labute approximate surface area is 216 Å². The molecular formula is C30H31N3O4. The van der Waals surface area contributed by atoms with Gasteiger partial charge in [0.25, 0.3) is 5.91 Å². The van der Waals surface area contributed by atoms with Gasteiger partial charge in [0, 0.05) is 24.2 Å². The second kappa shape index (κ2) is 10.6. The highest BCUT2D eigenvalue weighted by Gasteiger charge is 2.35. The largest absolute Gasteiger partial charge is 0.465 e. The molecule has 7 heteroatoms. The third kappa shape index (κ3) is 5.42. The van der Waals surface area contributed by atoms with Crippen molar-refractivity contribution in [1.29, 1.82) is 0 Å². The molecule has 3 heterocycles. The standard InChI is InChI=1S/C30H31N3O4/c1-19(22-8-7-20-5-3-4-6-23(20)16-22)15-28(34)31-26-17-24(9-10-25(26)30(36)37-2)29(35)32-27-18-33-13-11-21(27)12-14-33/h3-10,15-17,21,27H,11-14,18H2,1-2H3,(H,31,34)(H,32,35)/b19-15-. The summed E-state index contributed by atoms with van der Waals surface area (Å²) in [6.07, 6.45) is 3.68. The predicted octanol–water partition coefficient (Wildman–Crippen LogP) is 4.49. The maximum Gasteiger partial charge on any atom is 0.339 e. The average molecular weight is 498 g/mol. The molecule has 0 aliphatic carbocycles. The minimum absolute atomic E-state index is 0.112. The monoisotopic (exact) mass is 497 g/mol. The van der Waals surface area contributed by atoms with E-state index in [0.29, 0.717) is 11.5 Å². The van der Waals surface area contributed by atoms with E-state index in [-0.39, 0.29) is 23.2 Å². The van der Waals surface area contributed by atoms with Crippen molar-refractivity contribution in [3.05, 3.63) is 83.4 Å². The second-order valence-electron chi connectivity index (χ2n) is 9.85. The molecule has 3 aliphatic heterocycles. The minimum Gasteiger partial charge on any atom is -0.465 e. The molecule has 0 saturated carbocycles. The third-order valence-corrected chi connectivity index (χ3v) is 7.47. The van der Waals surface area contributed by atoms with Crippen LogP contribution in [0.25, 0.3) is 16.3 Å². The summed E-state index contributed by atoms with van der Waals surface area (Å²) in [7, 11) is 1.28. The highest BCUT2D eigenvalue weighted by Crippen LogP contribution is 2.28. The fourth-order valence-electron chi connectivity index (χ4n) is 5.34. The summed E-state index contributed by atoms with van der Waals surface area (Å²) in [6.45, 7) is 4.90. The smallest absolute Gasteiger partial charge is 0.339 e. The molecule has 2 amide bonds. The molecule has 37 heavy (non-hydrogen) atoms. The van der Waals surface area contributed by atoms with Crippen LogP contribution in [0.3, 0.4) is 0 Å². The Kier molecular flexibility index (Phi) is 7.06. The maximum atomic E-state index is 13.1. The SMILES string of the molecule is COC(=O)c1ccc(C(=O)NC2CN3CCC2CC3)cc1NC(=O)/C=C(/C)c1ccc2ccccc2c1. The van der Waals surface area contributed by atoms with E-state index in [2.05, 4.69) is 15.5 Å². The summed E-state index contributed by atoms with van der Waals surface area (Å²) in [5, 5.41) is 8.15. The van der Waals surface area contributed by atoms with E-state index in [1.54, 1.807) is 12.1 Å². The molecule has 1 atom stereocenters. The fourth-order valence-corrected chi connectivity index (χ4v) is 5.34. The van der Waals surface area contributed by atoms with Crippen LogP contribution < -0.4 is 10.6 Å². The van der Waals surface area contributed by atoms with Gasteiger partial charge in [-0.05, 0) is 84.9 Å². The number of carbonyl (C=O) groups is 3. The van der Waals surface area contributed by atoms with Crippen LogP contribution in [0, 0.1) is 5.92 Å². The van der Waals surface area contributed by atoms with Gasteiger partial charge >= 0.3 is 5.97 Å². The normalized spacial score (nSPS) is 20.9. The Hall–Kier alpha value is -3.97. The number of hydrogen-bond acceptors (Lipinski definition) is 5. The lowest BCUT2D eigenvalue weighted by Gasteiger charge is -2.44. The number of esters is 1. The molecule has 6 rings (SSSR count). The lowest BCUT2D eigenvalue weighted by atomic mass is 9.84. The summed E-state index contributed by atoms with van der Waals surface area (Å²) >= 11 is 0. The molecular weight excluding hydrogens is 466 g/mol. The zero-order valence-corrected chi connectivity index (χ0v) is 21.1. The number of methoxy groups -OCH3 is 1. The van der Waals surface area contributed by atoms with E-state index in [0.717, 1.165) is 54.4 Å². The molecule has 190 valence electrons. The zero-order valence-electron chi connectivity index (χ0n) is 21.1. The van der Waals surface area contributed by atoms with Gasteiger partial charge in [-0.2, -0.15) is 0 Å². The van der Waals surface area contributed by atoms with Gasteiger partial charge in [0.05, 0.1) is 18.4 Å². The first kappa shape index (κ1) is 24.7. The number of piperidine rings is 3. The zero-order chi connectivity index (χ0) is 25.9. The first-order valence-corrected chi connectivity index (χ1v) is 12.7. The molecule has 2 N–H and O–H groups in total. The van der Waals surface area contributed by atoms with Crippen LogP contribution in [-0.4, -0.2) is 55.5 Å². The van der Waals surface area contributed by atoms with Crippen LogP contribution in [0.5, 0.6) is 0 Å². The number of fused-ring (bicyclic) bond motifs is 4. The van der Waals surface area contributed by atoms with E-state index in [4.69, 9.17) is 4.74 Å². The van der Waals surface area contributed by atoms with E-state index < -0.39 is 11.9 Å². The van der Waals surface area contributed by atoms with E-state index in [9.17, 15) is 14.4 Å². The number of anilines is 1. The van der Waals surface area contributed by atoms with Gasteiger partial charge in [0.2, 0.25) is 5.91 Å². The molecule has 0 aromatic heterocycles. The highest BCUT2D eigenvalue weighted by atomic mass is 16.5. The summed E-state index contributed by atoms with van der Waals surface area (Å²) in [4.78, 5) is 40.8. The third-order valence-electron chi connectivity index (χ3n) is 7.47. The van der Waals surface area contributed by atoms with Gasteiger partial charge in [-0.3, -0.25) is 9.59 Å². The van der Waals surface area contributed by atoms with E-state index in [1.807, 2.05) is 49.4 Å². The van der Waals surface area contributed by atoms with Crippen LogP contribution in [0.15, 0.2) is 66.7 Å². The topological polar surface area (TPSA) is 87.7 Å². The van der Waals surface area contributed by atoms with Gasteiger partial charge < -0.3 is 20.3 Å². The average Bonchev–Trinajstić information content (AvgIpc) is 2.92. The highest BCUT2D eigenvalue weighted by molar-refractivity contribution is 6.09. The van der Waals surface area contributed by atoms with E-state index >= 15 is 0 Å². The van der Waals surface area contributed by atoms with Gasteiger partial charge in [-0.25, -0.2) is 4.79 Å². The number of hydrogen-bond donors (Lipinski definition) is 2. The first-order valence-electron chi connectivity index (χ1n) is 12.7. The van der Waals surface area contributed by atoms with Crippen molar-refractivity contribution in [3.63, 3.8) is 0 Å². The van der Waals surface area contributed by atoms with Crippen LogP contribution in [-0.2, 0) is 9.53 Å². The lowest BCUT2D eigenvalue weighted by Crippen LogP contribution is -2.57. The van der Waals surface area contributed by atoms with Crippen molar-refractivity contribution < 1.29 is 19.1 Å². The molecule has 3 aromatic rings. The summed E-state index contributed by atoms with van der Waals surface area (Å²) in [5.41, 5.74) is 2.51. The number of rotatable bonds is 6. The molecule has 0 radical (unpaired) electrons. The minimum atomic E-state index is -0.588.